The fourth-order valence-corrected chi connectivity index (χ4v) is 2.05. The predicted molar refractivity (Wildman–Crippen MR) is 110 cm³/mol. The number of hydrogen-bond acceptors (Lipinski definition) is 8. The zero-order chi connectivity index (χ0) is 24.1. The summed E-state index contributed by atoms with van der Waals surface area (Å²) in [6.45, 7) is 1.85. The molecule has 0 unspecified atom stereocenters. The lowest BCUT2D eigenvalue weighted by atomic mass is 10.2. The summed E-state index contributed by atoms with van der Waals surface area (Å²) in [7, 11) is 0. The lowest BCUT2D eigenvalue weighted by molar-refractivity contribution is -0.151. The number of aliphatic carboxylic acids is 1. The van der Waals surface area contributed by atoms with Crippen LogP contribution in [0.1, 0.15) is 29.8 Å². The summed E-state index contributed by atoms with van der Waals surface area (Å²) >= 11 is 0. The van der Waals surface area contributed by atoms with E-state index in [-0.39, 0.29) is 11.3 Å². The lowest BCUT2D eigenvalue weighted by Gasteiger charge is -2.03. The maximum absolute atomic E-state index is 11.1. The summed E-state index contributed by atoms with van der Waals surface area (Å²) in [6.07, 6.45) is 2.57. The third-order valence-corrected chi connectivity index (χ3v) is 3.26. The molecule has 2 aromatic carbocycles. The second kappa shape index (κ2) is 13.0. The average molecular weight is 444 g/mol. The highest BCUT2D eigenvalue weighted by Gasteiger charge is 2.11. The Kier molecular flexibility index (Phi) is 10.4. The maximum atomic E-state index is 11.1. The van der Waals surface area contributed by atoms with Crippen LogP contribution in [0, 0.1) is 0 Å². The van der Waals surface area contributed by atoms with E-state index in [0.717, 1.165) is 6.08 Å². The molecular weight excluding hydrogens is 424 g/mol. The smallest absolute Gasteiger partial charge is 0.341 e. The molecule has 2 N–H and O–H groups in total. The van der Waals surface area contributed by atoms with Crippen molar-refractivity contribution in [1.82, 2.24) is 0 Å². The van der Waals surface area contributed by atoms with Gasteiger partial charge in [0.25, 0.3) is 0 Å². The van der Waals surface area contributed by atoms with E-state index >= 15 is 0 Å². The first-order chi connectivity index (χ1) is 15.1. The number of carbonyl (C=O) groups excluding carboxylic acids is 3. The Morgan fingerprint density at radius 1 is 0.844 bits per heavy atom. The summed E-state index contributed by atoms with van der Waals surface area (Å²) in [6, 6.07) is 12.4. The SMILES string of the molecule is CC(=O)Oc1ccc(C=CC(=O)OCC(=O)O)cc1.CC(=O)Oc1ccccc1C(=O)O. The molecule has 32 heavy (non-hydrogen) atoms. The Bertz CT molecular complexity index is 1010. The van der Waals surface area contributed by atoms with Crippen molar-refractivity contribution in [3.63, 3.8) is 0 Å². The number of aromatic carboxylic acids is 1. The van der Waals surface area contributed by atoms with Crippen molar-refractivity contribution in [2.45, 2.75) is 13.8 Å². The average Bonchev–Trinajstić information content (AvgIpc) is 2.71. The van der Waals surface area contributed by atoms with E-state index in [4.69, 9.17) is 14.9 Å². The Balaban J connectivity index is 0.000000343. The van der Waals surface area contributed by atoms with Crippen molar-refractivity contribution in [1.29, 1.82) is 0 Å². The maximum Gasteiger partial charge on any atom is 0.341 e. The minimum atomic E-state index is -1.22. The van der Waals surface area contributed by atoms with Crippen LogP contribution in [0.2, 0.25) is 0 Å². The van der Waals surface area contributed by atoms with Crippen LogP contribution in [-0.2, 0) is 23.9 Å². The molecule has 10 heteroatoms. The summed E-state index contributed by atoms with van der Waals surface area (Å²) in [5.41, 5.74) is 0.667. The number of ether oxygens (including phenoxy) is 3. The van der Waals surface area contributed by atoms with Crippen LogP contribution in [-0.4, -0.2) is 46.7 Å². The third kappa shape index (κ3) is 10.3. The molecule has 0 heterocycles. The minimum absolute atomic E-state index is 0.0160. The number of rotatable bonds is 7. The standard InChI is InChI=1S/C13H12O6.C9H8O4/c1-9(14)19-11-5-2-10(3-6-11)4-7-13(17)18-8-12(15)16;1-6(10)13-8-5-3-2-4-7(8)9(11)12/h2-7H,8H2,1H3,(H,15,16);2-5H,1H3,(H,11,12). The highest BCUT2D eigenvalue weighted by molar-refractivity contribution is 5.91. The first kappa shape index (κ1) is 25.6. The van der Waals surface area contributed by atoms with E-state index in [9.17, 15) is 24.0 Å². The van der Waals surface area contributed by atoms with E-state index < -0.39 is 36.5 Å². The molecular formula is C22H20O10. The van der Waals surface area contributed by atoms with Gasteiger partial charge in [0.15, 0.2) is 6.61 Å². The first-order valence-corrected chi connectivity index (χ1v) is 8.94. The van der Waals surface area contributed by atoms with Gasteiger partial charge in [0, 0.05) is 19.9 Å². The Hall–Kier alpha value is -4.47. The van der Waals surface area contributed by atoms with E-state index in [1.165, 1.54) is 32.1 Å². The van der Waals surface area contributed by atoms with Crippen LogP contribution < -0.4 is 9.47 Å². The fraction of sp³-hybridized carbons (Fsp3) is 0.136. The molecule has 0 saturated carbocycles. The van der Waals surface area contributed by atoms with Gasteiger partial charge < -0.3 is 24.4 Å². The molecule has 0 amide bonds. The molecule has 0 aliphatic rings. The first-order valence-electron chi connectivity index (χ1n) is 8.94. The molecule has 0 aromatic heterocycles. The minimum Gasteiger partial charge on any atom is -0.479 e. The van der Waals surface area contributed by atoms with Gasteiger partial charge in [0.1, 0.15) is 17.1 Å². The number of hydrogen-bond donors (Lipinski definition) is 2. The van der Waals surface area contributed by atoms with Crippen molar-refractivity contribution in [3.8, 4) is 11.5 Å². The number of carboxylic acids is 2. The van der Waals surface area contributed by atoms with E-state index in [0.29, 0.717) is 11.3 Å². The van der Waals surface area contributed by atoms with Gasteiger partial charge in [0.05, 0.1) is 0 Å². The van der Waals surface area contributed by atoms with Gasteiger partial charge in [0.2, 0.25) is 0 Å². The normalized spacial score (nSPS) is 9.81. The van der Waals surface area contributed by atoms with Crippen LogP contribution >= 0.6 is 0 Å². The summed E-state index contributed by atoms with van der Waals surface area (Å²) < 4.78 is 13.9. The second-order valence-corrected chi connectivity index (χ2v) is 5.89. The van der Waals surface area contributed by atoms with Crippen molar-refractivity contribution in [2.24, 2.45) is 0 Å². The largest absolute Gasteiger partial charge is 0.479 e. The fourth-order valence-electron chi connectivity index (χ4n) is 2.05. The number of benzene rings is 2. The van der Waals surface area contributed by atoms with Gasteiger partial charge in [-0.3, -0.25) is 9.59 Å². The summed E-state index contributed by atoms with van der Waals surface area (Å²) in [5, 5.41) is 17.0. The Morgan fingerprint density at radius 2 is 1.44 bits per heavy atom. The third-order valence-electron chi connectivity index (χ3n) is 3.26. The molecule has 0 fully saturated rings. The van der Waals surface area contributed by atoms with Crippen LogP contribution in [0.5, 0.6) is 11.5 Å². The quantitative estimate of drug-likeness (QED) is 0.370. The molecule has 0 atom stereocenters. The van der Waals surface area contributed by atoms with E-state index in [2.05, 4.69) is 9.47 Å². The molecule has 10 nitrogen and oxygen atoms in total. The van der Waals surface area contributed by atoms with Crippen LogP contribution in [0.3, 0.4) is 0 Å². The molecule has 0 radical (unpaired) electrons. The number of esters is 3. The molecule has 0 spiro atoms. The van der Waals surface area contributed by atoms with E-state index in [1.807, 2.05) is 0 Å². The highest BCUT2D eigenvalue weighted by Crippen LogP contribution is 2.17. The van der Waals surface area contributed by atoms with Crippen molar-refractivity contribution in [2.75, 3.05) is 6.61 Å². The predicted octanol–water partition coefficient (Wildman–Crippen LogP) is 2.56. The van der Waals surface area contributed by atoms with Crippen molar-refractivity contribution in [3.05, 3.63) is 65.7 Å². The molecule has 0 bridgehead atoms. The molecule has 2 rings (SSSR count). The summed E-state index contributed by atoms with van der Waals surface area (Å²) in [4.78, 5) is 53.1. The van der Waals surface area contributed by atoms with Gasteiger partial charge >= 0.3 is 29.8 Å². The van der Waals surface area contributed by atoms with Crippen LogP contribution in [0.4, 0.5) is 0 Å². The van der Waals surface area contributed by atoms with Gasteiger partial charge in [-0.05, 0) is 35.9 Å². The monoisotopic (exact) mass is 444 g/mol. The topological polar surface area (TPSA) is 154 Å². The summed E-state index contributed by atoms with van der Waals surface area (Å²) in [5.74, 6) is -3.55. The molecule has 0 saturated heterocycles. The Morgan fingerprint density at radius 3 is 1.97 bits per heavy atom. The van der Waals surface area contributed by atoms with Gasteiger partial charge in [-0.1, -0.05) is 24.3 Å². The number of carbonyl (C=O) groups is 5. The zero-order valence-electron chi connectivity index (χ0n) is 17.1. The van der Waals surface area contributed by atoms with Gasteiger partial charge in [-0.2, -0.15) is 0 Å². The second-order valence-electron chi connectivity index (χ2n) is 5.89. The van der Waals surface area contributed by atoms with Crippen LogP contribution in [0.25, 0.3) is 6.08 Å². The van der Waals surface area contributed by atoms with Gasteiger partial charge in [-0.15, -0.1) is 0 Å². The lowest BCUT2D eigenvalue weighted by Crippen LogP contribution is -2.10. The molecule has 2 aromatic rings. The highest BCUT2D eigenvalue weighted by atomic mass is 16.6. The molecule has 0 aliphatic carbocycles. The molecule has 0 aliphatic heterocycles. The zero-order valence-corrected chi connectivity index (χ0v) is 17.1. The van der Waals surface area contributed by atoms with Crippen molar-refractivity contribution >= 4 is 35.9 Å². The number of carboxylic acid groups (broad SMARTS) is 2. The van der Waals surface area contributed by atoms with E-state index in [1.54, 1.807) is 36.4 Å². The van der Waals surface area contributed by atoms with Crippen LogP contribution in [0.15, 0.2) is 54.6 Å². The number of para-hydroxylation sites is 1. The van der Waals surface area contributed by atoms with Crippen molar-refractivity contribution < 1.29 is 48.4 Å². The Labute approximate surface area is 182 Å². The molecule has 168 valence electrons. The van der Waals surface area contributed by atoms with Gasteiger partial charge in [-0.25, -0.2) is 14.4 Å².